The molecule has 1 aliphatic rings. The fraction of sp³-hybridized carbons (Fsp3) is 0.562. The van der Waals surface area contributed by atoms with Crippen LogP contribution >= 0.6 is 11.8 Å². The highest BCUT2D eigenvalue weighted by molar-refractivity contribution is 7.99. The molecule has 0 saturated heterocycles. The Labute approximate surface area is 124 Å². The maximum atomic E-state index is 10.7. The summed E-state index contributed by atoms with van der Waals surface area (Å²) >= 11 is 2.08. The minimum atomic E-state index is -0.902. The lowest BCUT2D eigenvalue weighted by Gasteiger charge is -2.20. The molecule has 3 nitrogen and oxygen atoms in total. The van der Waals surface area contributed by atoms with Crippen LogP contribution in [0.3, 0.4) is 0 Å². The van der Waals surface area contributed by atoms with Gasteiger partial charge in [-0.3, -0.25) is 0 Å². The van der Waals surface area contributed by atoms with Gasteiger partial charge in [0.2, 0.25) is 0 Å². The topological polar surface area (TPSA) is 46.5 Å². The van der Waals surface area contributed by atoms with E-state index in [0.29, 0.717) is 12.2 Å². The van der Waals surface area contributed by atoms with Crippen LogP contribution < -0.4 is 4.74 Å². The highest BCUT2D eigenvalue weighted by Gasteiger charge is 2.12. The number of benzene rings is 1. The van der Waals surface area contributed by atoms with E-state index in [0.717, 1.165) is 23.2 Å². The molecule has 1 fully saturated rings. The fourth-order valence-electron chi connectivity index (χ4n) is 2.42. The van der Waals surface area contributed by atoms with E-state index >= 15 is 0 Å². The summed E-state index contributed by atoms with van der Waals surface area (Å²) in [6, 6.07) is 6.60. The third-order valence-corrected chi connectivity index (χ3v) is 5.03. The number of carboxylic acid groups (broad SMARTS) is 1. The molecule has 2 rings (SSSR count). The van der Waals surface area contributed by atoms with E-state index in [1.54, 1.807) is 24.3 Å². The van der Waals surface area contributed by atoms with Crippen molar-refractivity contribution in [3.63, 3.8) is 0 Å². The number of ether oxygens (including phenoxy) is 1. The van der Waals surface area contributed by atoms with Gasteiger partial charge in [0.25, 0.3) is 0 Å². The Balaban J connectivity index is 1.59. The van der Waals surface area contributed by atoms with Crippen molar-refractivity contribution in [3.8, 4) is 5.75 Å². The summed E-state index contributed by atoms with van der Waals surface area (Å²) < 4.78 is 5.62. The number of hydrogen-bond donors (Lipinski definition) is 1. The minimum Gasteiger partial charge on any atom is -0.494 e. The molecule has 1 aromatic carbocycles. The first-order valence-electron chi connectivity index (χ1n) is 7.33. The van der Waals surface area contributed by atoms with Gasteiger partial charge >= 0.3 is 5.97 Å². The summed E-state index contributed by atoms with van der Waals surface area (Å²) in [5, 5.41) is 9.66. The standard InChI is InChI=1S/C16H22O3S/c17-16(18)13-7-9-14(10-8-13)19-11-4-12-20-15-5-2-1-3-6-15/h7-10,15H,1-6,11-12H2,(H,17,18). The molecule has 0 amide bonds. The third kappa shape index (κ3) is 5.08. The van der Waals surface area contributed by atoms with Crippen LogP contribution in [0.15, 0.2) is 24.3 Å². The molecule has 4 heteroatoms. The molecule has 0 unspecified atom stereocenters. The van der Waals surface area contributed by atoms with Crippen LogP contribution in [0.5, 0.6) is 5.75 Å². The van der Waals surface area contributed by atoms with E-state index < -0.39 is 5.97 Å². The minimum absolute atomic E-state index is 0.296. The number of carboxylic acids is 1. The molecule has 1 aromatic rings. The zero-order valence-corrected chi connectivity index (χ0v) is 12.5. The second-order valence-corrected chi connectivity index (χ2v) is 6.57. The summed E-state index contributed by atoms with van der Waals surface area (Å²) in [4.78, 5) is 10.7. The smallest absolute Gasteiger partial charge is 0.335 e. The maximum Gasteiger partial charge on any atom is 0.335 e. The van der Waals surface area contributed by atoms with Gasteiger partial charge in [0.15, 0.2) is 0 Å². The number of aromatic carboxylic acids is 1. The van der Waals surface area contributed by atoms with E-state index in [1.165, 1.54) is 32.1 Å². The Morgan fingerprint density at radius 1 is 1.20 bits per heavy atom. The van der Waals surface area contributed by atoms with Crippen LogP contribution in [-0.4, -0.2) is 28.7 Å². The van der Waals surface area contributed by atoms with E-state index in [4.69, 9.17) is 9.84 Å². The lowest BCUT2D eigenvalue weighted by atomic mass is 10.0. The van der Waals surface area contributed by atoms with Crippen molar-refractivity contribution in [2.24, 2.45) is 0 Å². The second kappa shape index (κ2) is 8.20. The molecule has 0 radical (unpaired) electrons. The Morgan fingerprint density at radius 2 is 1.90 bits per heavy atom. The monoisotopic (exact) mass is 294 g/mol. The van der Waals surface area contributed by atoms with Crippen LogP contribution in [0.25, 0.3) is 0 Å². The number of thioether (sulfide) groups is 1. The van der Waals surface area contributed by atoms with Gasteiger partial charge in [-0.05, 0) is 49.3 Å². The summed E-state index contributed by atoms with van der Waals surface area (Å²) in [6.45, 7) is 0.701. The van der Waals surface area contributed by atoms with Gasteiger partial charge < -0.3 is 9.84 Å². The molecule has 1 N–H and O–H groups in total. The van der Waals surface area contributed by atoms with Crippen LogP contribution in [0.1, 0.15) is 48.9 Å². The quantitative estimate of drug-likeness (QED) is 0.765. The Hall–Kier alpha value is -1.16. The predicted octanol–water partition coefficient (Wildman–Crippen LogP) is 4.22. The zero-order chi connectivity index (χ0) is 14.2. The first-order valence-corrected chi connectivity index (χ1v) is 8.38. The highest BCUT2D eigenvalue weighted by atomic mass is 32.2. The highest BCUT2D eigenvalue weighted by Crippen LogP contribution is 2.28. The molecule has 0 spiro atoms. The Bertz CT molecular complexity index is 410. The molecule has 0 aliphatic heterocycles. The molecular weight excluding hydrogens is 272 g/mol. The second-order valence-electron chi connectivity index (χ2n) is 5.16. The normalized spacial score (nSPS) is 16.0. The van der Waals surface area contributed by atoms with Crippen LogP contribution in [0.2, 0.25) is 0 Å². The zero-order valence-electron chi connectivity index (χ0n) is 11.7. The maximum absolute atomic E-state index is 10.7. The van der Waals surface area contributed by atoms with Crippen LogP contribution in [0.4, 0.5) is 0 Å². The van der Waals surface area contributed by atoms with E-state index in [9.17, 15) is 4.79 Å². The summed E-state index contributed by atoms with van der Waals surface area (Å²) in [7, 11) is 0. The van der Waals surface area contributed by atoms with Gasteiger partial charge in [-0.1, -0.05) is 19.3 Å². The summed E-state index contributed by atoms with van der Waals surface area (Å²) in [6.07, 6.45) is 7.99. The van der Waals surface area contributed by atoms with Crippen LogP contribution in [0, 0.1) is 0 Å². The van der Waals surface area contributed by atoms with Gasteiger partial charge in [-0.2, -0.15) is 11.8 Å². The SMILES string of the molecule is O=C(O)c1ccc(OCCCSC2CCCCC2)cc1. The largest absolute Gasteiger partial charge is 0.494 e. The Kier molecular flexibility index (Phi) is 6.25. The van der Waals surface area contributed by atoms with Crippen LogP contribution in [-0.2, 0) is 0 Å². The van der Waals surface area contributed by atoms with Gasteiger partial charge in [-0.25, -0.2) is 4.79 Å². The van der Waals surface area contributed by atoms with Crippen molar-refractivity contribution in [3.05, 3.63) is 29.8 Å². The average Bonchev–Trinajstić information content (AvgIpc) is 2.48. The van der Waals surface area contributed by atoms with Gasteiger partial charge in [0, 0.05) is 5.25 Å². The van der Waals surface area contributed by atoms with Crippen molar-refractivity contribution >= 4 is 17.7 Å². The number of rotatable bonds is 7. The first kappa shape index (κ1) is 15.2. The van der Waals surface area contributed by atoms with E-state index in [-0.39, 0.29) is 0 Å². The van der Waals surface area contributed by atoms with Gasteiger partial charge in [0.1, 0.15) is 5.75 Å². The van der Waals surface area contributed by atoms with E-state index in [1.807, 2.05) is 0 Å². The molecule has 0 heterocycles. The molecule has 20 heavy (non-hydrogen) atoms. The Morgan fingerprint density at radius 3 is 2.55 bits per heavy atom. The lowest BCUT2D eigenvalue weighted by Crippen LogP contribution is -2.09. The van der Waals surface area contributed by atoms with Gasteiger partial charge in [-0.15, -0.1) is 0 Å². The molecule has 1 saturated carbocycles. The summed E-state index contributed by atoms with van der Waals surface area (Å²) in [5.74, 6) is 0.996. The van der Waals surface area contributed by atoms with Crippen molar-refractivity contribution in [1.29, 1.82) is 0 Å². The molecule has 0 aromatic heterocycles. The predicted molar refractivity (Wildman–Crippen MR) is 82.8 cm³/mol. The van der Waals surface area contributed by atoms with E-state index in [2.05, 4.69) is 11.8 Å². The molecule has 110 valence electrons. The molecule has 0 atom stereocenters. The third-order valence-electron chi connectivity index (χ3n) is 3.56. The average molecular weight is 294 g/mol. The molecule has 0 bridgehead atoms. The first-order chi connectivity index (χ1) is 9.75. The lowest BCUT2D eigenvalue weighted by molar-refractivity contribution is 0.0697. The molecule has 1 aliphatic carbocycles. The van der Waals surface area contributed by atoms with Crippen molar-refractivity contribution in [2.45, 2.75) is 43.8 Å². The van der Waals surface area contributed by atoms with Crippen molar-refractivity contribution in [2.75, 3.05) is 12.4 Å². The fourth-order valence-corrected chi connectivity index (χ4v) is 3.71. The van der Waals surface area contributed by atoms with Gasteiger partial charge in [0.05, 0.1) is 12.2 Å². The summed E-state index contributed by atoms with van der Waals surface area (Å²) in [5.41, 5.74) is 0.296. The molecular formula is C16H22O3S. The number of carbonyl (C=O) groups is 1. The van der Waals surface area contributed by atoms with Crippen molar-refractivity contribution < 1.29 is 14.6 Å². The van der Waals surface area contributed by atoms with Crippen molar-refractivity contribution in [1.82, 2.24) is 0 Å². The number of hydrogen-bond acceptors (Lipinski definition) is 3.